The Morgan fingerprint density at radius 3 is 2.70 bits per heavy atom. The summed E-state index contributed by atoms with van der Waals surface area (Å²) >= 11 is 0. The standard InChI is InChI=1S/C18H23F3N4O2/c1-3-15(27-16-7-5-6-13(10-16)18(19,20)21)12-24-17(22-4-2)23-11-14-8-9-26-25-14/h5-10,15H,3-4,11-12H2,1-2H3,(H2,22,23,24). The molecule has 0 aliphatic heterocycles. The number of hydrogen-bond acceptors (Lipinski definition) is 4. The normalized spacial score (nSPS) is 13.3. The van der Waals surface area contributed by atoms with Crippen molar-refractivity contribution in [3.63, 3.8) is 0 Å². The Morgan fingerprint density at radius 2 is 2.07 bits per heavy atom. The molecule has 0 aliphatic rings. The maximum Gasteiger partial charge on any atom is 0.416 e. The predicted molar refractivity (Wildman–Crippen MR) is 95.5 cm³/mol. The van der Waals surface area contributed by atoms with Crippen LogP contribution in [0.4, 0.5) is 13.2 Å². The number of rotatable bonds is 8. The van der Waals surface area contributed by atoms with Crippen molar-refractivity contribution < 1.29 is 22.4 Å². The summed E-state index contributed by atoms with van der Waals surface area (Å²) in [5.41, 5.74) is -0.0372. The molecule has 6 nitrogen and oxygen atoms in total. The van der Waals surface area contributed by atoms with Crippen LogP contribution in [0.2, 0.25) is 0 Å². The predicted octanol–water partition coefficient (Wildman–Crippen LogP) is 3.61. The number of nitrogens with one attached hydrogen (secondary N) is 2. The molecule has 0 aliphatic carbocycles. The van der Waals surface area contributed by atoms with E-state index in [2.05, 4.69) is 20.8 Å². The molecule has 1 aromatic heterocycles. The summed E-state index contributed by atoms with van der Waals surface area (Å²) in [4.78, 5) is 4.38. The lowest BCUT2D eigenvalue weighted by molar-refractivity contribution is -0.137. The molecule has 0 bridgehead atoms. The fraction of sp³-hybridized carbons (Fsp3) is 0.444. The van der Waals surface area contributed by atoms with Gasteiger partial charge in [0.05, 0.1) is 18.7 Å². The van der Waals surface area contributed by atoms with Crippen LogP contribution in [-0.4, -0.2) is 30.3 Å². The summed E-state index contributed by atoms with van der Waals surface area (Å²) in [6.07, 6.45) is -2.62. The monoisotopic (exact) mass is 384 g/mol. The second-order valence-corrected chi connectivity index (χ2v) is 5.74. The van der Waals surface area contributed by atoms with Crippen molar-refractivity contribution in [3.05, 3.63) is 47.9 Å². The molecule has 2 rings (SSSR count). The third-order valence-corrected chi connectivity index (χ3v) is 3.65. The van der Waals surface area contributed by atoms with Gasteiger partial charge in [-0.2, -0.15) is 13.2 Å². The van der Waals surface area contributed by atoms with Crippen LogP contribution in [0.3, 0.4) is 0 Å². The number of aliphatic imine (C=N–C) groups is 1. The minimum atomic E-state index is -4.40. The van der Waals surface area contributed by atoms with Gasteiger partial charge in [0.15, 0.2) is 5.96 Å². The van der Waals surface area contributed by atoms with Gasteiger partial charge >= 0.3 is 6.18 Å². The summed E-state index contributed by atoms with van der Waals surface area (Å²) in [5.74, 6) is 0.745. The summed E-state index contributed by atoms with van der Waals surface area (Å²) in [6.45, 7) is 5.23. The Labute approximate surface area is 155 Å². The van der Waals surface area contributed by atoms with Crippen LogP contribution in [0.1, 0.15) is 31.5 Å². The average molecular weight is 384 g/mol. The minimum Gasteiger partial charge on any atom is -0.489 e. The highest BCUT2D eigenvalue weighted by molar-refractivity contribution is 5.79. The van der Waals surface area contributed by atoms with E-state index in [-0.39, 0.29) is 11.9 Å². The topological polar surface area (TPSA) is 71.7 Å². The third kappa shape index (κ3) is 6.84. The molecule has 0 radical (unpaired) electrons. The molecule has 148 valence electrons. The van der Waals surface area contributed by atoms with Crippen LogP contribution < -0.4 is 15.4 Å². The molecule has 1 atom stereocenters. The Morgan fingerprint density at radius 1 is 1.26 bits per heavy atom. The molecule has 2 N–H and O–H groups in total. The summed E-state index contributed by atoms with van der Waals surface area (Å²) in [7, 11) is 0. The molecule has 9 heteroatoms. The highest BCUT2D eigenvalue weighted by Gasteiger charge is 2.30. The zero-order valence-electron chi connectivity index (χ0n) is 15.2. The molecular formula is C18H23F3N4O2. The molecule has 1 aromatic carbocycles. The Balaban J connectivity index is 1.95. The van der Waals surface area contributed by atoms with Crippen LogP contribution >= 0.6 is 0 Å². The van der Waals surface area contributed by atoms with Gasteiger partial charge in [-0.1, -0.05) is 18.1 Å². The Bertz CT molecular complexity index is 718. The first kappa shape index (κ1) is 20.6. The lowest BCUT2D eigenvalue weighted by Crippen LogP contribution is -2.42. The van der Waals surface area contributed by atoms with Crippen LogP contribution in [0, 0.1) is 0 Å². The maximum atomic E-state index is 12.8. The average Bonchev–Trinajstić information content (AvgIpc) is 3.16. The first-order chi connectivity index (χ1) is 12.9. The van der Waals surface area contributed by atoms with Crippen molar-refractivity contribution in [1.29, 1.82) is 0 Å². The molecule has 27 heavy (non-hydrogen) atoms. The second kappa shape index (κ2) is 9.84. The number of alkyl halides is 3. The highest BCUT2D eigenvalue weighted by Crippen LogP contribution is 2.31. The maximum absolute atomic E-state index is 12.8. The van der Waals surface area contributed by atoms with Crippen LogP contribution in [-0.2, 0) is 12.7 Å². The van der Waals surface area contributed by atoms with E-state index in [0.29, 0.717) is 37.7 Å². The Kier molecular flexibility index (Phi) is 7.51. The third-order valence-electron chi connectivity index (χ3n) is 3.65. The molecule has 0 fully saturated rings. The number of ether oxygens (including phenoxy) is 1. The number of aromatic nitrogens is 1. The van der Waals surface area contributed by atoms with Gasteiger partial charge in [0.2, 0.25) is 0 Å². The van der Waals surface area contributed by atoms with Gasteiger partial charge in [0.25, 0.3) is 0 Å². The molecule has 1 unspecified atom stereocenters. The van der Waals surface area contributed by atoms with Crippen molar-refractivity contribution in [2.24, 2.45) is 4.99 Å². The van der Waals surface area contributed by atoms with Crippen molar-refractivity contribution in [2.75, 3.05) is 13.1 Å². The van der Waals surface area contributed by atoms with Crippen LogP contribution in [0.25, 0.3) is 0 Å². The van der Waals surface area contributed by atoms with E-state index in [4.69, 9.17) is 9.26 Å². The van der Waals surface area contributed by atoms with Gasteiger partial charge < -0.3 is 19.9 Å². The number of hydrogen-bond donors (Lipinski definition) is 2. The quantitative estimate of drug-likeness (QED) is 0.537. The fourth-order valence-corrected chi connectivity index (χ4v) is 2.24. The van der Waals surface area contributed by atoms with E-state index in [1.807, 2.05) is 13.8 Å². The molecule has 1 heterocycles. The highest BCUT2D eigenvalue weighted by atomic mass is 19.4. The lowest BCUT2D eigenvalue weighted by atomic mass is 10.2. The Hall–Kier alpha value is -2.71. The minimum absolute atomic E-state index is 0.183. The van der Waals surface area contributed by atoms with Crippen LogP contribution in [0.15, 0.2) is 46.1 Å². The van der Waals surface area contributed by atoms with Gasteiger partial charge in [0, 0.05) is 12.6 Å². The first-order valence-electron chi connectivity index (χ1n) is 8.67. The molecule has 0 saturated heterocycles. The van der Waals surface area contributed by atoms with E-state index >= 15 is 0 Å². The zero-order chi connectivity index (χ0) is 19.7. The zero-order valence-corrected chi connectivity index (χ0v) is 15.2. The summed E-state index contributed by atoms with van der Waals surface area (Å²) < 4.78 is 48.9. The van der Waals surface area contributed by atoms with E-state index in [0.717, 1.165) is 12.1 Å². The smallest absolute Gasteiger partial charge is 0.416 e. The van der Waals surface area contributed by atoms with Crippen molar-refractivity contribution in [2.45, 2.75) is 39.1 Å². The van der Waals surface area contributed by atoms with Gasteiger partial charge in [0.1, 0.15) is 23.8 Å². The van der Waals surface area contributed by atoms with Gasteiger partial charge in [-0.05, 0) is 31.5 Å². The number of halogens is 3. The van der Waals surface area contributed by atoms with Gasteiger partial charge in [-0.3, -0.25) is 0 Å². The number of benzene rings is 1. The van der Waals surface area contributed by atoms with E-state index in [1.165, 1.54) is 18.4 Å². The molecule has 2 aromatic rings. The largest absolute Gasteiger partial charge is 0.489 e. The van der Waals surface area contributed by atoms with Crippen molar-refractivity contribution in [3.8, 4) is 5.75 Å². The molecule has 0 amide bonds. The van der Waals surface area contributed by atoms with Gasteiger partial charge in [-0.25, -0.2) is 4.99 Å². The van der Waals surface area contributed by atoms with Crippen molar-refractivity contribution >= 4 is 5.96 Å². The van der Waals surface area contributed by atoms with Gasteiger partial charge in [-0.15, -0.1) is 0 Å². The van der Waals surface area contributed by atoms with E-state index in [9.17, 15) is 13.2 Å². The van der Waals surface area contributed by atoms with E-state index < -0.39 is 11.7 Å². The fourth-order valence-electron chi connectivity index (χ4n) is 2.24. The lowest BCUT2D eigenvalue weighted by Gasteiger charge is -2.20. The van der Waals surface area contributed by atoms with E-state index in [1.54, 1.807) is 6.07 Å². The number of guanidine groups is 1. The SMILES string of the molecule is CCNC(=NCc1ccon1)NCC(CC)Oc1cccc(C(F)(F)F)c1. The summed E-state index contributed by atoms with van der Waals surface area (Å²) in [5, 5.41) is 10.0. The molecule has 0 spiro atoms. The summed E-state index contributed by atoms with van der Waals surface area (Å²) in [6, 6.07) is 6.60. The van der Waals surface area contributed by atoms with Crippen LogP contribution in [0.5, 0.6) is 5.75 Å². The first-order valence-corrected chi connectivity index (χ1v) is 8.67. The number of nitrogens with zero attached hydrogens (tertiary/aromatic N) is 2. The molecule has 0 saturated carbocycles. The molecular weight excluding hydrogens is 361 g/mol. The van der Waals surface area contributed by atoms with Crippen molar-refractivity contribution in [1.82, 2.24) is 15.8 Å². The second-order valence-electron chi connectivity index (χ2n) is 5.74.